The molecular formula is C26H22FN7O. The van der Waals surface area contributed by atoms with E-state index in [1.807, 2.05) is 41.1 Å². The molecule has 0 atom stereocenters. The Balaban J connectivity index is 1.20. The highest BCUT2D eigenvalue weighted by molar-refractivity contribution is 5.86. The molecule has 0 saturated carbocycles. The maximum Gasteiger partial charge on any atom is 0.225 e. The molecule has 8 nitrogen and oxygen atoms in total. The zero-order valence-electron chi connectivity index (χ0n) is 18.8. The first-order chi connectivity index (χ1) is 17.1. The van der Waals surface area contributed by atoms with Gasteiger partial charge < -0.3 is 19.9 Å². The average molecular weight is 468 g/mol. The fourth-order valence-electron chi connectivity index (χ4n) is 4.24. The Labute approximate surface area is 200 Å². The lowest BCUT2D eigenvalue weighted by atomic mass is 10.1. The van der Waals surface area contributed by atoms with Crippen LogP contribution in [0.1, 0.15) is 11.3 Å². The summed E-state index contributed by atoms with van der Waals surface area (Å²) in [5, 5.41) is 14.8. The van der Waals surface area contributed by atoms with Gasteiger partial charge in [-0.05, 0) is 67.1 Å². The van der Waals surface area contributed by atoms with Crippen molar-refractivity contribution in [2.45, 2.75) is 13.0 Å². The van der Waals surface area contributed by atoms with Crippen LogP contribution >= 0.6 is 0 Å². The van der Waals surface area contributed by atoms with Crippen LogP contribution in [0.5, 0.6) is 11.6 Å². The lowest BCUT2D eigenvalue weighted by Gasteiger charge is -2.18. The number of hydrogen-bond acceptors (Lipinski definition) is 6. The number of fused-ring (bicyclic) bond motifs is 2. The summed E-state index contributed by atoms with van der Waals surface area (Å²) in [7, 11) is 0. The predicted molar refractivity (Wildman–Crippen MR) is 132 cm³/mol. The van der Waals surface area contributed by atoms with E-state index in [-0.39, 0.29) is 5.82 Å². The molecule has 6 rings (SSSR count). The molecule has 0 radical (unpaired) electrons. The predicted octanol–water partition coefficient (Wildman–Crippen LogP) is 4.94. The van der Waals surface area contributed by atoms with Gasteiger partial charge in [-0.25, -0.2) is 14.4 Å². The van der Waals surface area contributed by atoms with Gasteiger partial charge >= 0.3 is 0 Å². The van der Waals surface area contributed by atoms with Gasteiger partial charge in [-0.2, -0.15) is 5.10 Å². The molecule has 4 heterocycles. The highest BCUT2D eigenvalue weighted by Crippen LogP contribution is 2.30. The molecule has 0 saturated heterocycles. The van der Waals surface area contributed by atoms with E-state index in [9.17, 15) is 4.39 Å². The van der Waals surface area contributed by atoms with Crippen LogP contribution in [0.3, 0.4) is 0 Å². The number of hydrogen-bond donors (Lipinski definition) is 3. The second-order valence-electron chi connectivity index (χ2n) is 8.28. The summed E-state index contributed by atoms with van der Waals surface area (Å²) < 4.78 is 21.3. The number of benzene rings is 2. The number of aromatic nitrogens is 5. The Morgan fingerprint density at radius 3 is 2.86 bits per heavy atom. The summed E-state index contributed by atoms with van der Waals surface area (Å²) in [6.07, 6.45) is 4.32. The molecule has 1 aliphatic rings. The van der Waals surface area contributed by atoms with E-state index in [0.717, 1.165) is 52.9 Å². The fourth-order valence-corrected chi connectivity index (χ4v) is 4.24. The molecular weight excluding hydrogens is 445 g/mol. The minimum absolute atomic E-state index is 0.276. The number of nitrogens with one attached hydrogen (secondary N) is 3. The quantitative estimate of drug-likeness (QED) is 0.328. The number of nitrogens with zero attached hydrogens (tertiary/aromatic N) is 4. The van der Waals surface area contributed by atoms with Crippen LogP contribution in [0.4, 0.5) is 10.2 Å². The summed E-state index contributed by atoms with van der Waals surface area (Å²) in [6, 6.07) is 16.0. The number of anilines is 1. The summed E-state index contributed by atoms with van der Waals surface area (Å²) in [4.78, 5) is 8.71. The van der Waals surface area contributed by atoms with Crippen LogP contribution in [0.25, 0.3) is 28.0 Å². The van der Waals surface area contributed by atoms with Crippen molar-refractivity contribution >= 4 is 22.5 Å². The molecule has 1 aliphatic heterocycles. The van der Waals surface area contributed by atoms with Crippen LogP contribution in [0.15, 0.2) is 73.7 Å². The van der Waals surface area contributed by atoms with Crippen molar-refractivity contribution < 1.29 is 9.13 Å². The highest BCUT2D eigenvalue weighted by Gasteiger charge is 2.17. The molecule has 2 aromatic carbocycles. The monoisotopic (exact) mass is 467 g/mol. The SMILES string of the molecule is C=C(Nc1cc(-c2ccc(F)cc2)[nH]n1)n1ccc2cc(Oc3ncnc4c3CCNC4)ccc21. The second-order valence-corrected chi connectivity index (χ2v) is 8.28. The zero-order valence-corrected chi connectivity index (χ0v) is 18.8. The molecule has 35 heavy (non-hydrogen) atoms. The van der Waals surface area contributed by atoms with Gasteiger partial charge in [0.1, 0.15) is 23.7 Å². The first-order valence-electron chi connectivity index (χ1n) is 11.2. The topological polar surface area (TPSA) is 92.7 Å². The molecule has 0 amide bonds. The Morgan fingerprint density at radius 2 is 1.97 bits per heavy atom. The van der Waals surface area contributed by atoms with Crippen molar-refractivity contribution in [3.05, 3.63) is 90.8 Å². The first kappa shape index (κ1) is 21.1. The van der Waals surface area contributed by atoms with Crippen molar-refractivity contribution in [3.63, 3.8) is 0 Å². The Kier molecular flexibility index (Phi) is 5.23. The standard InChI is InChI=1S/C26H22FN7O/c1-16(31-25-13-22(32-33-25)17-2-4-19(27)5-3-17)34-11-9-18-12-20(6-7-24(18)34)35-26-21-8-10-28-14-23(21)29-15-30-26/h2-7,9,11-13,15,28H,1,8,10,14H2,(H2,31,32,33). The van der Waals surface area contributed by atoms with E-state index >= 15 is 0 Å². The van der Waals surface area contributed by atoms with E-state index in [4.69, 9.17) is 4.74 Å². The van der Waals surface area contributed by atoms with Crippen molar-refractivity contribution in [2.24, 2.45) is 0 Å². The van der Waals surface area contributed by atoms with E-state index in [2.05, 4.69) is 37.4 Å². The van der Waals surface area contributed by atoms with Gasteiger partial charge in [0, 0.05) is 29.8 Å². The first-order valence-corrected chi connectivity index (χ1v) is 11.2. The maximum atomic E-state index is 13.2. The lowest BCUT2D eigenvalue weighted by Crippen LogP contribution is -2.25. The van der Waals surface area contributed by atoms with Gasteiger partial charge in [-0.1, -0.05) is 6.58 Å². The Bertz CT molecular complexity index is 1540. The van der Waals surface area contributed by atoms with Crippen LogP contribution in [-0.2, 0) is 13.0 Å². The van der Waals surface area contributed by atoms with E-state index < -0.39 is 0 Å². The molecule has 5 aromatic rings. The molecule has 0 spiro atoms. The number of H-pyrrole nitrogens is 1. The maximum absolute atomic E-state index is 13.2. The summed E-state index contributed by atoms with van der Waals surface area (Å²) in [5.41, 5.74) is 4.63. The molecule has 0 fully saturated rings. The molecule has 0 aliphatic carbocycles. The Morgan fingerprint density at radius 1 is 1.09 bits per heavy atom. The van der Waals surface area contributed by atoms with Crippen molar-refractivity contribution in [1.29, 1.82) is 0 Å². The molecule has 174 valence electrons. The number of aromatic amines is 1. The van der Waals surface area contributed by atoms with Crippen molar-refractivity contribution in [3.8, 4) is 22.9 Å². The minimum Gasteiger partial charge on any atom is -0.439 e. The van der Waals surface area contributed by atoms with Crippen LogP contribution in [-0.4, -0.2) is 31.3 Å². The van der Waals surface area contributed by atoms with E-state index in [0.29, 0.717) is 23.3 Å². The van der Waals surface area contributed by atoms with Gasteiger partial charge in [-0.15, -0.1) is 0 Å². The highest BCUT2D eigenvalue weighted by atomic mass is 19.1. The summed E-state index contributed by atoms with van der Waals surface area (Å²) in [6.45, 7) is 5.78. The second kappa shape index (κ2) is 8.69. The number of rotatable bonds is 6. The fraction of sp³-hybridized carbons (Fsp3) is 0.115. The molecule has 9 heteroatoms. The van der Waals surface area contributed by atoms with E-state index in [1.165, 1.54) is 12.1 Å². The third-order valence-electron chi connectivity index (χ3n) is 6.01. The Hall–Kier alpha value is -4.50. The van der Waals surface area contributed by atoms with Crippen LogP contribution in [0.2, 0.25) is 0 Å². The van der Waals surface area contributed by atoms with Crippen molar-refractivity contribution in [2.75, 3.05) is 11.9 Å². The average Bonchev–Trinajstić information content (AvgIpc) is 3.52. The van der Waals surface area contributed by atoms with Gasteiger partial charge in [0.25, 0.3) is 0 Å². The largest absolute Gasteiger partial charge is 0.439 e. The van der Waals surface area contributed by atoms with Crippen LogP contribution < -0.4 is 15.4 Å². The van der Waals surface area contributed by atoms with Gasteiger partial charge in [0.15, 0.2) is 5.82 Å². The zero-order chi connectivity index (χ0) is 23.8. The molecule has 3 aromatic heterocycles. The minimum atomic E-state index is -0.276. The lowest BCUT2D eigenvalue weighted by molar-refractivity contribution is 0.446. The van der Waals surface area contributed by atoms with Crippen LogP contribution in [0, 0.1) is 5.82 Å². The number of halogens is 1. The molecule has 0 unspecified atom stereocenters. The van der Waals surface area contributed by atoms with Gasteiger partial charge in [-0.3, -0.25) is 5.10 Å². The van der Waals surface area contributed by atoms with E-state index in [1.54, 1.807) is 18.5 Å². The molecule has 3 N–H and O–H groups in total. The molecule has 0 bridgehead atoms. The summed E-state index contributed by atoms with van der Waals surface area (Å²) >= 11 is 0. The third kappa shape index (κ3) is 4.13. The number of ether oxygens (including phenoxy) is 1. The van der Waals surface area contributed by atoms with Crippen molar-refractivity contribution in [1.82, 2.24) is 30.0 Å². The van der Waals surface area contributed by atoms with Gasteiger partial charge in [0.05, 0.1) is 16.9 Å². The normalized spacial score (nSPS) is 12.9. The summed E-state index contributed by atoms with van der Waals surface area (Å²) in [5.74, 6) is 2.30. The van der Waals surface area contributed by atoms with Gasteiger partial charge in [0.2, 0.25) is 5.88 Å². The smallest absolute Gasteiger partial charge is 0.225 e. The third-order valence-corrected chi connectivity index (χ3v) is 6.01.